The monoisotopic (exact) mass is 611 g/mol. The van der Waals surface area contributed by atoms with Gasteiger partial charge in [-0.25, -0.2) is 13.4 Å². The highest BCUT2D eigenvalue weighted by atomic mass is 35.5. The number of hydrogen-bond donors (Lipinski definition) is 3. The first-order chi connectivity index (χ1) is 19.4. The number of hydrogen-bond acceptors (Lipinski definition) is 8. The number of rotatable bonds is 10. The molecule has 1 saturated heterocycles. The molecule has 1 fully saturated rings. The third kappa shape index (κ3) is 7.32. The number of benzene rings is 1. The Morgan fingerprint density at radius 3 is 2.37 bits per heavy atom. The fourth-order valence-corrected chi connectivity index (χ4v) is 6.01. The van der Waals surface area contributed by atoms with Crippen molar-refractivity contribution in [1.82, 2.24) is 19.6 Å². The molecule has 1 aliphatic heterocycles. The lowest BCUT2D eigenvalue weighted by Crippen LogP contribution is -2.49. The maximum atomic E-state index is 13.3. The average molecular weight is 612 g/mol. The fourth-order valence-electron chi connectivity index (χ4n) is 4.38. The lowest BCUT2D eigenvalue weighted by Gasteiger charge is -2.35. The van der Waals surface area contributed by atoms with Crippen molar-refractivity contribution in [2.75, 3.05) is 44.2 Å². The van der Waals surface area contributed by atoms with E-state index in [1.54, 1.807) is 29.3 Å². The highest BCUT2D eigenvalue weighted by Crippen LogP contribution is 2.33. The Labute approximate surface area is 240 Å². The van der Waals surface area contributed by atoms with Crippen LogP contribution < -0.4 is 21.7 Å². The van der Waals surface area contributed by atoms with Gasteiger partial charge in [0.2, 0.25) is 10.0 Å². The molecular formula is C26H29ClF3N7O3S. The van der Waals surface area contributed by atoms with E-state index in [1.165, 1.54) is 16.4 Å². The van der Waals surface area contributed by atoms with E-state index in [4.69, 9.17) is 23.1 Å². The average Bonchev–Trinajstić information content (AvgIpc) is 2.94. The number of piperazine rings is 1. The van der Waals surface area contributed by atoms with Gasteiger partial charge in [-0.2, -0.15) is 17.5 Å². The summed E-state index contributed by atoms with van der Waals surface area (Å²) >= 11 is 5.80. The number of sulfonamides is 1. The highest BCUT2D eigenvalue weighted by molar-refractivity contribution is 7.89. The number of carbonyl (C=O) groups is 1. The summed E-state index contributed by atoms with van der Waals surface area (Å²) in [5.41, 5.74) is 12.0. The molecule has 0 radical (unpaired) electrons. The molecule has 0 unspecified atom stereocenters. The van der Waals surface area contributed by atoms with E-state index in [-0.39, 0.29) is 47.6 Å². The second-order valence-electron chi connectivity index (χ2n) is 9.37. The van der Waals surface area contributed by atoms with Crippen LogP contribution in [-0.2, 0) is 22.7 Å². The number of anilines is 1. The largest absolute Gasteiger partial charge is 0.416 e. The maximum Gasteiger partial charge on any atom is 0.416 e. The van der Waals surface area contributed by atoms with Crippen LogP contribution in [0.4, 0.5) is 19.0 Å². The molecule has 4 rings (SSSR count). The maximum absolute atomic E-state index is 13.3. The summed E-state index contributed by atoms with van der Waals surface area (Å²) in [6.45, 7) is 2.08. The predicted octanol–water partition coefficient (Wildman–Crippen LogP) is 2.86. The summed E-state index contributed by atoms with van der Waals surface area (Å²) in [7, 11) is -3.90. The molecule has 0 spiro atoms. The van der Waals surface area contributed by atoms with E-state index >= 15 is 0 Å². The van der Waals surface area contributed by atoms with Crippen molar-refractivity contribution in [3.63, 3.8) is 0 Å². The number of pyridine rings is 2. The Morgan fingerprint density at radius 2 is 1.76 bits per heavy atom. The Morgan fingerprint density at radius 1 is 1.07 bits per heavy atom. The smallest absolute Gasteiger partial charge is 0.366 e. The zero-order valence-electron chi connectivity index (χ0n) is 21.9. The zero-order valence-corrected chi connectivity index (χ0v) is 23.4. The number of alkyl halides is 3. The van der Waals surface area contributed by atoms with Crippen molar-refractivity contribution in [1.29, 1.82) is 0 Å². The van der Waals surface area contributed by atoms with Crippen LogP contribution in [0.2, 0.25) is 5.15 Å². The highest BCUT2D eigenvalue weighted by Gasteiger charge is 2.33. The first kappa shape index (κ1) is 30.7. The molecule has 0 atom stereocenters. The van der Waals surface area contributed by atoms with Gasteiger partial charge >= 0.3 is 6.18 Å². The van der Waals surface area contributed by atoms with Crippen molar-refractivity contribution in [3.8, 4) is 11.3 Å². The van der Waals surface area contributed by atoms with Crippen LogP contribution in [0.3, 0.4) is 0 Å². The Balaban J connectivity index is 1.46. The van der Waals surface area contributed by atoms with Crippen molar-refractivity contribution in [2.24, 2.45) is 11.5 Å². The van der Waals surface area contributed by atoms with E-state index in [9.17, 15) is 26.4 Å². The van der Waals surface area contributed by atoms with Gasteiger partial charge in [0.05, 0.1) is 21.7 Å². The first-order valence-corrected chi connectivity index (χ1v) is 14.5. The molecule has 3 heterocycles. The summed E-state index contributed by atoms with van der Waals surface area (Å²) in [6, 6.07) is 9.22. The van der Waals surface area contributed by atoms with Gasteiger partial charge in [0.15, 0.2) is 0 Å². The van der Waals surface area contributed by atoms with Gasteiger partial charge in [-0.3, -0.25) is 9.78 Å². The second kappa shape index (κ2) is 12.7. The van der Waals surface area contributed by atoms with Crippen LogP contribution in [-0.4, -0.2) is 67.9 Å². The standard InChI is InChI=1S/C26H29ClF3N7O3S/c27-22-13-19(26(28,29)30)14-23(35-22)36-8-10-37(11-9-36)41(39,40)20-4-2-18(3-5-20)24-21(25(32)38)12-17(16-34-24)15-33-7-1-6-31/h2-5,12-14,16,33H,1,6-11,15,31H2,(H2,32,38). The third-order valence-electron chi connectivity index (χ3n) is 6.53. The summed E-state index contributed by atoms with van der Waals surface area (Å²) in [6.07, 6.45) is -2.16. The van der Waals surface area contributed by atoms with Crippen molar-refractivity contribution >= 4 is 33.3 Å². The SMILES string of the molecule is NCCCNCc1cnc(-c2ccc(S(=O)(=O)N3CCN(c4cc(C(F)(F)F)cc(Cl)n4)CC3)cc2)c(C(N)=O)c1. The van der Waals surface area contributed by atoms with Gasteiger partial charge in [0.25, 0.3) is 5.91 Å². The lowest BCUT2D eigenvalue weighted by molar-refractivity contribution is -0.137. The summed E-state index contributed by atoms with van der Waals surface area (Å²) in [5.74, 6) is -0.635. The van der Waals surface area contributed by atoms with Crippen LogP contribution in [0.25, 0.3) is 11.3 Å². The molecule has 2 aromatic heterocycles. The minimum Gasteiger partial charge on any atom is -0.366 e. The van der Waals surface area contributed by atoms with Crippen molar-refractivity contribution < 1.29 is 26.4 Å². The van der Waals surface area contributed by atoms with Crippen LogP contribution in [0.5, 0.6) is 0 Å². The second-order valence-corrected chi connectivity index (χ2v) is 11.7. The predicted molar refractivity (Wildman–Crippen MR) is 149 cm³/mol. The topological polar surface area (TPSA) is 148 Å². The summed E-state index contributed by atoms with van der Waals surface area (Å²) in [4.78, 5) is 22.1. The van der Waals surface area contributed by atoms with Gasteiger partial charge in [-0.05, 0) is 55.4 Å². The number of nitrogens with one attached hydrogen (secondary N) is 1. The number of nitrogens with two attached hydrogens (primary N) is 2. The first-order valence-electron chi connectivity index (χ1n) is 12.7. The van der Waals surface area contributed by atoms with Gasteiger partial charge in [-0.1, -0.05) is 23.7 Å². The number of aromatic nitrogens is 2. The molecule has 10 nitrogen and oxygen atoms in total. The van der Waals surface area contributed by atoms with Gasteiger partial charge in [0.1, 0.15) is 11.0 Å². The van der Waals surface area contributed by atoms with E-state index in [1.807, 2.05) is 0 Å². The van der Waals surface area contributed by atoms with E-state index in [0.717, 1.165) is 24.1 Å². The molecule has 0 aliphatic carbocycles. The Bertz CT molecular complexity index is 1500. The molecule has 1 aliphatic rings. The van der Waals surface area contributed by atoms with Gasteiger partial charge < -0.3 is 21.7 Å². The molecular weight excluding hydrogens is 583 g/mol. The quantitative estimate of drug-likeness (QED) is 0.234. The minimum absolute atomic E-state index is 0.0243. The van der Waals surface area contributed by atoms with E-state index in [2.05, 4.69) is 15.3 Å². The lowest BCUT2D eigenvalue weighted by atomic mass is 10.0. The Hall–Kier alpha value is -3.30. The molecule has 3 aromatic rings. The fraction of sp³-hybridized carbons (Fsp3) is 0.346. The van der Waals surface area contributed by atoms with Crippen LogP contribution in [0.15, 0.2) is 53.6 Å². The number of carbonyl (C=O) groups excluding carboxylic acids is 1. The molecule has 1 aromatic carbocycles. The zero-order chi connectivity index (χ0) is 29.8. The molecule has 0 saturated carbocycles. The number of nitrogens with zero attached hydrogens (tertiary/aromatic N) is 4. The van der Waals surface area contributed by atoms with Crippen molar-refractivity contribution in [3.05, 3.63) is 70.5 Å². The minimum atomic E-state index is -4.59. The third-order valence-corrected chi connectivity index (χ3v) is 8.64. The molecule has 5 N–H and O–H groups in total. The van der Waals surface area contributed by atoms with Crippen LogP contribution >= 0.6 is 11.6 Å². The van der Waals surface area contributed by atoms with Crippen LogP contribution in [0.1, 0.15) is 27.9 Å². The molecule has 220 valence electrons. The molecule has 0 bridgehead atoms. The summed E-state index contributed by atoms with van der Waals surface area (Å²) in [5, 5.41) is 2.91. The number of primary amides is 1. The normalized spacial score (nSPS) is 14.8. The number of halogens is 4. The van der Waals surface area contributed by atoms with Gasteiger partial charge in [0, 0.05) is 44.5 Å². The summed E-state index contributed by atoms with van der Waals surface area (Å²) < 4.78 is 67.4. The Kier molecular flexibility index (Phi) is 9.49. The number of amides is 1. The van der Waals surface area contributed by atoms with Crippen LogP contribution in [0, 0.1) is 0 Å². The molecule has 1 amide bonds. The van der Waals surface area contributed by atoms with Gasteiger partial charge in [-0.15, -0.1) is 0 Å². The van der Waals surface area contributed by atoms with E-state index < -0.39 is 27.7 Å². The van der Waals surface area contributed by atoms with E-state index in [0.29, 0.717) is 30.9 Å². The molecule has 41 heavy (non-hydrogen) atoms. The van der Waals surface area contributed by atoms with Crippen molar-refractivity contribution in [2.45, 2.75) is 24.0 Å². The molecule has 15 heteroatoms.